The van der Waals surface area contributed by atoms with Crippen LogP contribution in [0.1, 0.15) is 59.5 Å². The number of fused-ring (bicyclic) bond motifs is 2. The van der Waals surface area contributed by atoms with Crippen molar-refractivity contribution in [2.45, 2.75) is 51.9 Å². The standard InChI is InChI=1S/C28H31FN4O4/c1-18(2)32-27(36)25(34)24-26(35)31(15-19-7-9-22(29)10-8-19)17-23(33(24)28(32)37)12-14-30-13-11-20-5-3-4-6-21(20)16-30/h3-10,18,23,34H,11-17H2,1-2H3. The van der Waals surface area contributed by atoms with Gasteiger partial charge in [-0.05, 0) is 55.5 Å². The fourth-order valence-electron chi connectivity index (χ4n) is 5.44. The molecule has 37 heavy (non-hydrogen) atoms. The maximum atomic E-state index is 13.5. The van der Waals surface area contributed by atoms with E-state index in [-0.39, 0.29) is 24.6 Å². The minimum Gasteiger partial charge on any atom is -0.501 e. The molecule has 1 unspecified atom stereocenters. The van der Waals surface area contributed by atoms with Crippen LogP contribution in [0.25, 0.3) is 0 Å². The molecule has 0 fully saturated rings. The van der Waals surface area contributed by atoms with Gasteiger partial charge in [0, 0.05) is 38.8 Å². The molecule has 1 N–H and O–H groups in total. The molecular formula is C28H31FN4O4. The van der Waals surface area contributed by atoms with Gasteiger partial charge in [0.2, 0.25) is 5.75 Å². The summed E-state index contributed by atoms with van der Waals surface area (Å²) >= 11 is 0. The Hall–Kier alpha value is -3.72. The lowest BCUT2D eigenvalue weighted by Crippen LogP contribution is -2.52. The third-order valence-electron chi connectivity index (χ3n) is 7.38. The third-order valence-corrected chi connectivity index (χ3v) is 7.38. The Morgan fingerprint density at radius 2 is 1.73 bits per heavy atom. The first-order valence-corrected chi connectivity index (χ1v) is 12.7. The maximum absolute atomic E-state index is 13.5. The highest BCUT2D eigenvalue weighted by Gasteiger charge is 2.37. The van der Waals surface area contributed by atoms with Gasteiger partial charge < -0.3 is 10.0 Å². The van der Waals surface area contributed by atoms with E-state index in [1.807, 2.05) is 12.1 Å². The smallest absolute Gasteiger partial charge is 0.332 e. The second kappa shape index (κ2) is 9.97. The van der Waals surface area contributed by atoms with E-state index in [9.17, 15) is 23.9 Å². The Morgan fingerprint density at radius 3 is 2.43 bits per heavy atom. The van der Waals surface area contributed by atoms with Gasteiger partial charge in [0.05, 0.1) is 6.04 Å². The van der Waals surface area contributed by atoms with Gasteiger partial charge in [0.1, 0.15) is 5.82 Å². The second-order valence-corrected chi connectivity index (χ2v) is 10.2. The molecule has 1 atom stereocenters. The van der Waals surface area contributed by atoms with Gasteiger partial charge in [0.15, 0.2) is 5.69 Å². The summed E-state index contributed by atoms with van der Waals surface area (Å²) < 4.78 is 15.7. The Morgan fingerprint density at radius 1 is 1.03 bits per heavy atom. The monoisotopic (exact) mass is 506 g/mol. The van der Waals surface area contributed by atoms with Gasteiger partial charge >= 0.3 is 5.69 Å². The minimum atomic E-state index is -0.866. The zero-order chi connectivity index (χ0) is 26.3. The van der Waals surface area contributed by atoms with Crippen molar-refractivity contribution in [1.29, 1.82) is 0 Å². The summed E-state index contributed by atoms with van der Waals surface area (Å²) in [4.78, 5) is 43.7. The molecule has 2 aliphatic rings. The van der Waals surface area contributed by atoms with E-state index in [1.54, 1.807) is 26.0 Å². The van der Waals surface area contributed by atoms with E-state index in [4.69, 9.17) is 0 Å². The summed E-state index contributed by atoms with van der Waals surface area (Å²) in [6.45, 7) is 6.18. The molecule has 2 aliphatic heterocycles. The van der Waals surface area contributed by atoms with Crippen LogP contribution in [-0.4, -0.2) is 49.6 Å². The van der Waals surface area contributed by atoms with E-state index in [0.29, 0.717) is 18.5 Å². The number of rotatable bonds is 6. The quantitative estimate of drug-likeness (QED) is 0.555. The van der Waals surface area contributed by atoms with Gasteiger partial charge in [-0.15, -0.1) is 0 Å². The number of benzene rings is 2. The molecule has 0 saturated carbocycles. The fraction of sp³-hybridized carbons (Fsp3) is 0.393. The van der Waals surface area contributed by atoms with Crippen molar-refractivity contribution < 1.29 is 14.3 Å². The van der Waals surface area contributed by atoms with Crippen LogP contribution in [0.5, 0.6) is 5.75 Å². The van der Waals surface area contributed by atoms with Crippen molar-refractivity contribution in [2.24, 2.45) is 0 Å². The summed E-state index contributed by atoms with van der Waals surface area (Å²) in [7, 11) is 0. The van der Waals surface area contributed by atoms with Crippen LogP contribution in [0, 0.1) is 5.82 Å². The zero-order valence-corrected chi connectivity index (χ0v) is 21.1. The lowest BCUT2D eigenvalue weighted by molar-refractivity contribution is 0.0620. The highest BCUT2D eigenvalue weighted by atomic mass is 19.1. The first-order chi connectivity index (χ1) is 17.7. The first-order valence-electron chi connectivity index (χ1n) is 12.7. The van der Waals surface area contributed by atoms with E-state index in [0.717, 1.165) is 24.1 Å². The van der Waals surface area contributed by atoms with Crippen LogP contribution in [0.15, 0.2) is 58.1 Å². The predicted octanol–water partition coefficient (Wildman–Crippen LogP) is 3.08. The SMILES string of the molecule is CC(C)n1c(=O)c(O)c2n(c1=O)C(CCN1CCc3ccccc3C1)CN(Cc1ccc(F)cc1)C2=O. The Labute approximate surface area is 214 Å². The van der Waals surface area contributed by atoms with Crippen LogP contribution in [-0.2, 0) is 19.5 Å². The number of carbonyl (C=O) groups excluding carboxylic acids is 1. The molecule has 0 spiro atoms. The number of amides is 1. The average molecular weight is 507 g/mol. The summed E-state index contributed by atoms with van der Waals surface area (Å²) in [5, 5.41) is 10.8. The maximum Gasteiger partial charge on any atom is 0.332 e. The van der Waals surface area contributed by atoms with E-state index in [1.165, 1.54) is 32.7 Å². The molecule has 8 nitrogen and oxygen atoms in total. The average Bonchev–Trinajstić information content (AvgIpc) is 2.88. The molecular weight excluding hydrogens is 475 g/mol. The van der Waals surface area contributed by atoms with Crippen LogP contribution in [0.3, 0.4) is 0 Å². The summed E-state index contributed by atoms with van der Waals surface area (Å²) in [6, 6.07) is 13.3. The molecule has 3 aromatic rings. The van der Waals surface area contributed by atoms with Gasteiger partial charge in [-0.2, -0.15) is 0 Å². The largest absolute Gasteiger partial charge is 0.501 e. The molecule has 1 aromatic heterocycles. The van der Waals surface area contributed by atoms with E-state index < -0.39 is 35.0 Å². The van der Waals surface area contributed by atoms with Crippen molar-refractivity contribution >= 4 is 5.91 Å². The van der Waals surface area contributed by atoms with E-state index in [2.05, 4.69) is 17.0 Å². The zero-order valence-electron chi connectivity index (χ0n) is 21.1. The van der Waals surface area contributed by atoms with Crippen molar-refractivity contribution in [3.05, 3.63) is 97.6 Å². The van der Waals surface area contributed by atoms with Gasteiger partial charge in [-0.3, -0.25) is 23.6 Å². The van der Waals surface area contributed by atoms with Gasteiger partial charge in [-0.1, -0.05) is 36.4 Å². The summed E-state index contributed by atoms with van der Waals surface area (Å²) in [5.41, 5.74) is 1.63. The van der Waals surface area contributed by atoms with Crippen LogP contribution in [0.4, 0.5) is 4.39 Å². The Kier molecular flexibility index (Phi) is 6.72. The number of carbonyl (C=O) groups is 1. The van der Waals surface area contributed by atoms with Crippen LogP contribution < -0.4 is 11.2 Å². The number of aromatic nitrogens is 2. The number of nitrogens with zero attached hydrogens (tertiary/aromatic N) is 4. The highest BCUT2D eigenvalue weighted by molar-refractivity contribution is 5.95. The Balaban J connectivity index is 1.48. The highest BCUT2D eigenvalue weighted by Crippen LogP contribution is 2.28. The second-order valence-electron chi connectivity index (χ2n) is 10.2. The Bertz CT molecular complexity index is 1440. The number of hydrogen-bond acceptors (Lipinski definition) is 5. The predicted molar refractivity (Wildman–Crippen MR) is 137 cm³/mol. The molecule has 1 amide bonds. The molecule has 0 aliphatic carbocycles. The number of hydrogen-bond donors (Lipinski definition) is 1. The number of aromatic hydroxyl groups is 1. The molecule has 9 heteroatoms. The minimum absolute atomic E-state index is 0.174. The molecule has 194 valence electrons. The van der Waals surface area contributed by atoms with Crippen molar-refractivity contribution in [1.82, 2.24) is 18.9 Å². The normalized spacial score (nSPS) is 17.7. The van der Waals surface area contributed by atoms with Crippen LogP contribution >= 0.6 is 0 Å². The van der Waals surface area contributed by atoms with Crippen molar-refractivity contribution in [3.63, 3.8) is 0 Å². The topological polar surface area (TPSA) is 87.8 Å². The lowest BCUT2D eigenvalue weighted by atomic mass is 9.99. The number of halogens is 1. The lowest BCUT2D eigenvalue weighted by Gasteiger charge is -2.37. The van der Waals surface area contributed by atoms with E-state index >= 15 is 0 Å². The van der Waals surface area contributed by atoms with Gasteiger partial charge in [-0.25, -0.2) is 9.18 Å². The molecule has 0 saturated heterocycles. The van der Waals surface area contributed by atoms with Gasteiger partial charge in [0.25, 0.3) is 11.5 Å². The molecule has 2 aromatic carbocycles. The summed E-state index contributed by atoms with van der Waals surface area (Å²) in [6.07, 6.45) is 1.50. The molecule has 5 rings (SSSR count). The van der Waals surface area contributed by atoms with Crippen molar-refractivity contribution in [3.8, 4) is 5.75 Å². The first kappa shape index (κ1) is 25.0. The fourth-order valence-corrected chi connectivity index (χ4v) is 5.44. The third kappa shape index (κ3) is 4.71. The summed E-state index contributed by atoms with van der Waals surface area (Å²) in [5.74, 6) is -1.67. The van der Waals surface area contributed by atoms with Crippen LogP contribution in [0.2, 0.25) is 0 Å². The molecule has 3 heterocycles. The molecule has 0 bridgehead atoms. The van der Waals surface area contributed by atoms with Crippen molar-refractivity contribution in [2.75, 3.05) is 19.6 Å². The molecule has 0 radical (unpaired) electrons.